The largest absolute Gasteiger partial charge is 0.489 e. The number of para-hydroxylation sites is 1. The molecule has 0 radical (unpaired) electrons. The van der Waals surface area contributed by atoms with Crippen LogP contribution in [-0.2, 0) is 11.3 Å². The van der Waals surface area contributed by atoms with Crippen molar-refractivity contribution in [3.63, 3.8) is 0 Å². The van der Waals surface area contributed by atoms with Crippen LogP contribution in [0.15, 0.2) is 53.5 Å². The molecule has 1 amide bonds. The number of hydrogen-bond acceptors (Lipinski definition) is 4. The Labute approximate surface area is 185 Å². The van der Waals surface area contributed by atoms with Crippen molar-refractivity contribution in [2.45, 2.75) is 40.3 Å². The Morgan fingerprint density at radius 2 is 1.81 bits per heavy atom. The van der Waals surface area contributed by atoms with E-state index >= 15 is 0 Å². The lowest BCUT2D eigenvalue weighted by molar-refractivity contribution is -0.122. The van der Waals surface area contributed by atoms with Crippen molar-refractivity contribution in [1.82, 2.24) is 16.0 Å². The Balaban J connectivity index is 1.89. The minimum Gasteiger partial charge on any atom is -0.489 e. The summed E-state index contributed by atoms with van der Waals surface area (Å²) in [5.74, 6) is 2.13. The molecule has 2 aromatic rings. The molecule has 0 saturated heterocycles. The number of guanidine groups is 1. The van der Waals surface area contributed by atoms with Gasteiger partial charge in [-0.1, -0.05) is 30.3 Å². The van der Waals surface area contributed by atoms with Crippen LogP contribution in [0.25, 0.3) is 0 Å². The van der Waals surface area contributed by atoms with Crippen LogP contribution in [0.3, 0.4) is 0 Å². The standard InChI is InChI=1S/C24H34N4O3/c1-5-25-23(29)17-30-21-12-9-11-20(14-21)16-28-24(26-6-2)27-15-19(4)31-22-13-8-7-10-18(22)3/h7-14,19H,5-6,15-17H2,1-4H3,(H,25,29)(H2,26,27,28). The summed E-state index contributed by atoms with van der Waals surface area (Å²) in [4.78, 5) is 16.2. The van der Waals surface area contributed by atoms with Crippen molar-refractivity contribution < 1.29 is 14.3 Å². The Bertz CT molecular complexity index is 854. The molecule has 0 saturated carbocycles. The van der Waals surface area contributed by atoms with E-state index in [1.165, 1.54) is 0 Å². The van der Waals surface area contributed by atoms with Crippen LogP contribution in [0, 0.1) is 6.92 Å². The van der Waals surface area contributed by atoms with Crippen LogP contribution >= 0.6 is 0 Å². The number of nitrogens with one attached hydrogen (secondary N) is 3. The van der Waals surface area contributed by atoms with Gasteiger partial charge in [0.25, 0.3) is 5.91 Å². The highest BCUT2D eigenvalue weighted by Gasteiger charge is 2.08. The van der Waals surface area contributed by atoms with Gasteiger partial charge in [-0.05, 0) is 57.0 Å². The van der Waals surface area contributed by atoms with Gasteiger partial charge in [0.15, 0.2) is 12.6 Å². The molecule has 7 heteroatoms. The van der Waals surface area contributed by atoms with Crippen molar-refractivity contribution in [2.75, 3.05) is 26.2 Å². The number of benzene rings is 2. The van der Waals surface area contributed by atoms with Gasteiger partial charge in [0, 0.05) is 13.1 Å². The molecule has 0 spiro atoms. The van der Waals surface area contributed by atoms with E-state index in [-0.39, 0.29) is 18.6 Å². The third-order valence-corrected chi connectivity index (χ3v) is 4.38. The molecule has 0 aliphatic heterocycles. The van der Waals surface area contributed by atoms with Crippen molar-refractivity contribution in [3.8, 4) is 11.5 Å². The smallest absolute Gasteiger partial charge is 0.257 e. The minimum atomic E-state index is -0.133. The minimum absolute atomic E-state index is 0.00351. The van der Waals surface area contributed by atoms with Gasteiger partial charge in [-0.25, -0.2) is 4.99 Å². The zero-order chi connectivity index (χ0) is 22.5. The van der Waals surface area contributed by atoms with Gasteiger partial charge in [-0.3, -0.25) is 4.79 Å². The fourth-order valence-electron chi connectivity index (χ4n) is 2.83. The van der Waals surface area contributed by atoms with Gasteiger partial charge in [-0.15, -0.1) is 0 Å². The Hall–Kier alpha value is -3.22. The first kappa shape index (κ1) is 24.1. The van der Waals surface area contributed by atoms with Gasteiger partial charge in [0.2, 0.25) is 0 Å². The molecule has 0 fully saturated rings. The lowest BCUT2D eigenvalue weighted by Gasteiger charge is -2.18. The SMILES string of the molecule is CCNC(=O)COc1cccc(CN=C(NCC)NCC(C)Oc2ccccc2C)c1. The predicted molar refractivity (Wildman–Crippen MR) is 125 cm³/mol. The lowest BCUT2D eigenvalue weighted by Crippen LogP contribution is -2.41. The maximum atomic E-state index is 11.6. The number of nitrogens with zero attached hydrogens (tertiary/aromatic N) is 1. The number of carbonyl (C=O) groups excluding carboxylic acids is 1. The topological polar surface area (TPSA) is 84.0 Å². The van der Waals surface area contributed by atoms with Crippen LogP contribution in [-0.4, -0.2) is 44.2 Å². The summed E-state index contributed by atoms with van der Waals surface area (Å²) in [6, 6.07) is 15.6. The normalized spacial score (nSPS) is 12.1. The number of carbonyl (C=O) groups is 1. The zero-order valence-corrected chi connectivity index (χ0v) is 18.9. The second kappa shape index (κ2) is 13.2. The summed E-state index contributed by atoms with van der Waals surface area (Å²) in [5.41, 5.74) is 2.11. The number of aryl methyl sites for hydroxylation is 1. The molecule has 0 aromatic heterocycles. The first-order chi connectivity index (χ1) is 15.0. The van der Waals surface area contributed by atoms with E-state index in [1.54, 1.807) is 0 Å². The number of hydrogen-bond donors (Lipinski definition) is 3. The average Bonchev–Trinajstić information content (AvgIpc) is 2.76. The van der Waals surface area contributed by atoms with Gasteiger partial charge in [0.1, 0.15) is 17.6 Å². The summed E-state index contributed by atoms with van der Waals surface area (Å²) in [6.45, 7) is 10.4. The molecule has 7 nitrogen and oxygen atoms in total. The van der Waals surface area contributed by atoms with Crippen molar-refractivity contribution >= 4 is 11.9 Å². The van der Waals surface area contributed by atoms with E-state index < -0.39 is 0 Å². The van der Waals surface area contributed by atoms with E-state index in [1.807, 2.05) is 76.2 Å². The van der Waals surface area contributed by atoms with Gasteiger partial charge >= 0.3 is 0 Å². The molecule has 0 aliphatic carbocycles. The van der Waals surface area contributed by atoms with Crippen LogP contribution < -0.4 is 25.4 Å². The van der Waals surface area contributed by atoms with Crippen molar-refractivity contribution in [3.05, 3.63) is 59.7 Å². The number of rotatable bonds is 11. The molecule has 2 rings (SSSR count). The predicted octanol–water partition coefficient (Wildman–Crippen LogP) is 3.03. The Morgan fingerprint density at radius 1 is 1.03 bits per heavy atom. The molecule has 0 bridgehead atoms. The third kappa shape index (κ3) is 8.99. The molecule has 1 unspecified atom stereocenters. The van der Waals surface area contributed by atoms with Crippen molar-refractivity contribution in [1.29, 1.82) is 0 Å². The van der Waals surface area contributed by atoms with E-state index in [0.29, 0.717) is 25.4 Å². The maximum absolute atomic E-state index is 11.6. The molecule has 0 heterocycles. The average molecular weight is 427 g/mol. The van der Waals surface area contributed by atoms with E-state index in [9.17, 15) is 4.79 Å². The third-order valence-electron chi connectivity index (χ3n) is 4.38. The van der Waals surface area contributed by atoms with Gasteiger partial charge in [-0.2, -0.15) is 0 Å². The molecule has 2 aromatic carbocycles. The summed E-state index contributed by atoms with van der Waals surface area (Å²) >= 11 is 0. The number of amides is 1. The quantitative estimate of drug-likeness (QED) is 0.380. The lowest BCUT2D eigenvalue weighted by atomic mass is 10.2. The highest BCUT2D eigenvalue weighted by molar-refractivity contribution is 5.79. The van der Waals surface area contributed by atoms with Gasteiger partial charge < -0.3 is 25.4 Å². The fourth-order valence-corrected chi connectivity index (χ4v) is 2.83. The molecule has 1 atom stereocenters. The second-order valence-electron chi connectivity index (χ2n) is 7.16. The monoisotopic (exact) mass is 426 g/mol. The van der Waals surface area contributed by atoms with E-state index in [0.717, 1.165) is 29.4 Å². The van der Waals surface area contributed by atoms with Crippen LogP contribution in [0.2, 0.25) is 0 Å². The van der Waals surface area contributed by atoms with E-state index in [4.69, 9.17) is 9.47 Å². The number of likely N-dealkylation sites (N-methyl/N-ethyl adjacent to an activating group) is 1. The zero-order valence-electron chi connectivity index (χ0n) is 18.9. The molecule has 168 valence electrons. The van der Waals surface area contributed by atoms with Crippen LogP contribution in [0.5, 0.6) is 11.5 Å². The molecule has 3 N–H and O–H groups in total. The molecule has 0 aliphatic rings. The summed E-state index contributed by atoms with van der Waals surface area (Å²) < 4.78 is 11.6. The first-order valence-electron chi connectivity index (χ1n) is 10.7. The second-order valence-corrected chi connectivity index (χ2v) is 7.16. The molecular weight excluding hydrogens is 392 g/mol. The summed E-state index contributed by atoms with van der Waals surface area (Å²) in [5, 5.41) is 9.29. The maximum Gasteiger partial charge on any atom is 0.257 e. The molecular formula is C24H34N4O3. The first-order valence-corrected chi connectivity index (χ1v) is 10.7. The highest BCUT2D eigenvalue weighted by atomic mass is 16.5. The number of ether oxygens (including phenoxy) is 2. The highest BCUT2D eigenvalue weighted by Crippen LogP contribution is 2.17. The molecule has 31 heavy (non-hydrogen) atoms. The Morgan fingerprint density at radius 3 is 2.55 bits per heavy atom. The summed E-state index contributed by atoms with van der Waals surface area (Å²) in [7, 11) is 0. The number of aliphatic imine (C=N–C) groups is 1. The van der Waals surface area contributed by atoms with Gasteiger partial charge in [0.05, 0.1) is 13.1 Å². The van der Waals surface area contributed by atoms with E-state index in [2.05, 4.69) is 20.9 Å². The van der Waals surface area contributed by atoms with Crippen LogP contribution in [0.4, 0.5) is 0 Å². The van der Waals surface area contributed by atoms with Crippen LogP contribution in [0.1, 0.15) is 31.9 Å². The Kier molecular flexibility index (Phi) is 10.2. The summed E-state index contributed by atoms with van der Waals surface area (Å²) in [6.07, 6.45) is -0.0176. The van der Waals surface area contributed by atoms with Crippen molar-refractivity contribution in [2.24, 2.45) is 4.99 Å². The fraction of sp³-hybridized carbons (Fsp3) is 0.417.